The predicted molar refractivity (Wildman–Crippen MR) is 83.1 cm³/mol. The van der Waals surface area contributed by atoms with Gasteiger partial charge < -0.3 is 5.32 Å². The minimum absolute atomic E-state index is 0.751. The summed E-state index contributed by atoms with van der Waals surface area (Å²) < 4.78 is 0. The molecule has 0 rings (SSSR count). The highest BCUT2D eigenvalue weighted by Gasteiger charge is 2.05. The highest BCUT2D eigenvalue weighted by molar-refractivity contribution is 7.98. The molecule has 1 nitrogen and oxygen atoms in total. The zero-order chi connectivity index (χ0) is 12.8. The van der Waals surface area contributed by atoms with E-state index < -0.39 is 0 Å². The molecular formula is C15H33NS. The summed E-state index contributed by atoms with van der Waals surface area (Å²) in [6.45, 7) is 5.71. The van der Waals surface area contributed by atoms with E-state index in [1.165, 1.54) is 70.1 Å². The molecule has 0 saturated heterocycles. The lowest BCUT2D eigenvalue weighted by Crippen LogP contribution is -2.31. The average molecular weight is 260 g/mol. The van der Waals surface area contributed by atoms with Crippen LogP contribution in [0.3, 0.4) is 0 Å². The lowest BCUT2D eigenvalue weighted by atomic mass is 10.1. The molecule has 0 aromatic carbocycles. The molecule has 2 heteroatoms. The van der Waals surface area contributed by atoms with E-state index in [-0.39, 0.29) is 0 Å². The van der Waals surface area contributed by atoms with Crippen molar-refractivity contribution in [3.8, 4) is 0 Å². The van der Waals surface area contributed by atoms with Gasteiger partial charge in [-0.3, -0.25) is 0 Å². The van der Waals surface area contributed by atoms with Crippen LogP contribution in [0.1, 0.15) is 71.6 Å². The lowest BCUT2D eigenvalue weighted by Gasteiger charge is -2.17. The summed E-state index contributed by atoms with van der Waals surface area (Å²) >= 11 is 1.97. The Labute approximate surface area is 114 Å². The molecule has 0 fully saturated rings. The molecule has 0 saturated carbocycles. The van der Waals surface area contributed by atoms with E-state index in [0.717, 1.165) is 6.04 Å². The molecule has 17 heavy (non-hydrogen) atoms. The number of nitrogens with one attached hydrogen (secondary N) is 1. The number of hydrogen-bond donors (Lipinski definition) is 1. The second-order valence-corrected chi connectivity index (χ2v) is 5.93. The maximum atomic E-state index is 3.66. The van der Waals surface area contributed by atoms with E-state index in [1.54, 1.807) is 0 Å². The van der Waals surface area contributed by atoms with Gasteiger partial charge in [-0.2, -0.15) is 11.8 Å². The quantitative estimate of drug-likeness (QED) is 0.474. The molecule has 1 atom stereocenters. The van der Waals surface area contributed by atoms with E-state index in [1.807, 2.05) is 11.8 Å². The van der Waals surface area contributed by atoms with E-state index in [9.17, 15) is 0 Å². The second-order valence-electron chi connectivity index (χ2n) is 5.02. The summed E-state index contributed by atoms with van der Waals surface area (Å²) in [4.78, 5) is 0. The second kappa shape index (κ2) is 14.4. The van der Waals surface area contributed by atoms with Crippen molar-refractivity contribution >= 4 is 11.8 Å². The third kappa shape index (κ3) is 12.6. The Kier molecular flexibility index (Phi) is 14.6. The molecule has 104 valence electrons. The fraction of sp³-hybridized carbons (Fsp3) is 1.00. The summed E-state index contributed by atoms with van der Waals surface area (Å²) in [6, 6.07) is 0.751. The molecule has 0 bridgehead atoms. The van der Waals surface area contributed by atoms with Crippen LogP contribution in [0.25, 0.3) is 0 Å². The van der Waals surface area contributed by atoms with Gasteiger partial charge in [-0.25, -0.2) is 0 Å². The molecule has 0 aliphatic heterocycles. The fourth-order valence-corrected chi connectivity index (χ4v) is 2.83. The topological polar surface area (TPSA) is 12.0 Å². The van der Waals surface area contributed by atoms with Crippen LogP contribution in [0.15, 0.2) is 0 Å². The van der Waals surface area contributed by atoms with Gasteiger partial charge in [0.2, 0.25) is 0 Å². The van der Waals surface area contributed by atoms with Gasteiger partial charge >= 0.3 is 0 Å². The lowest BCUT2D eigenvalue weighted by molar-refractivity contribution is 0.482. The molecule has 0 aromatic rings. The predicted octanol–water partition coefficient (Wildman–Crippen LogP) is 4.86. The maximum Gasteiger partial charge on any atom is 0.0158 e. The van der Waals surface area contributed by atoms with Crippen LogP contribution in [-0.4, -0.2) is 24.6 Å². The van der Waals surface area contributed by atoms with Gasteiger partial charge in [0.1, 0.15) is 0 Å². The smallest absolute Gasteiger partial charge is 0.0158 e. The van der Waals surface area contributed by atoms with Crippen molar-refractivity contribution in [3.05, 3.63) is 0 Å². The Morgan fingerprint density at radius 3 is 2.12 bits per heavy atom. The first kappa shape index (κ1) is 17.3. The van der Waals surface area contributed by atoms with Gasteiger partial charge in [0, 0.05) is 11.8 Å². The number of unbranched alkanes of at least 4 members (excludes halogenated alkanes) is 6. The van der Waals surface area contributed by atoms with Crippen molar-refractivity contribution in [2.75, 3.05) is 18.6 Å². The third-order valence-corrected chi connectivity index (χ3v) is 3.94. The molecule has 0 radical (unpaired) electrons. The Bertz CT molecular complexity index is 139. The highest BCUT2D eigenvalue weighted by atomic mass is 32.2. The Morgan fingerprint density at radius 2 is 1.53 bits per heavy atom. The Balaban J connectivity index is 3.34. The number of hydrogen-bond acceptors (Lipinski definition) is 2. The van der Waals surface area contributed by atoms with Gasteiger partial charge in [-0.05, 0) is 25.6 Å². The van der Waals surface area contributed by atoms with Crippen LogP contribution in [0.2, 0.25) is 0 Å². The molecule has 0 aliphatic rings. The van der Waals surface area contributed by atoms with Gasteiger partial charge in [-0.1, -0.05) is 58.8 Å². The third-order valence-electron chi connectivity index (χ3n) is 3.21. The van der Waals surface area contributed by atoms with Gasteiger partial charge in [0.25, 0.3) is 0 Å². The number of thioether (sulfide) groups is 1. The van der Waals surface area contributed by atoms with Crippen LogP contribution >= 0.6 is 11.8 Å². The van der Waals surface area contributed by atoms with Crippen LogP contribution < -0.4 is 5.32 Å². The largest absolute Gasteiger partial charge is 0.313 e. The normalized spacial score (nSPS) is 12.9. The molecule has 0 amide bonds. The van der Waals surface area contributed by atoms with Crippen LogP contribution in [-0.2, 0) is 0 Å². The van der Waals surface area contributed by atoms with E-state index in [4.69, 9.17) is 0 Å². The van der Waals surface area contributed by atoms with Crippen molar-refractivity contribution in [1.82, 2.24) is 5.32 Å². The van der Waals surface area contributed by atoms with Crippen molar-refractivity contribution < 1.29 is 0 Å². The van der Waals surface area contributed by atoms with E-state index in [0.29, 0.717) is 0 Å². The van der Waals surface area contributed by atoms with Gasteiger partial charge in [0.05, 0.1) is 0 Å². The SMILES string of the molecule is CCCCCCCCCC(CSC)NCCC. The molecular weight excluding hydrogens is 226 g/mol. The minimum Gasteiger partial charge on any atom is -0.313 e. The molecule has 1 unspecified atom stereocenters. The Hall–Kier alpha value is 0.310. The summed E-state index contributed by atoms with van der Waals surface area (Å²) in [5.74, 6) is 1.27. The minimum atomic E-state index is 0.751. The molecule has 0 aliphatic carbocycles. The zero-order valence-corrected chi connectivity index (χ0v) is 13.1. The summed E-state index contributed by atoms with van der Waals surface area (Å²) in [6.07, 6.45) is 14.8. The summed E-state index contributed by atoms with van der Waals surface area (Å²) in [5.41, 5.74) is 0. The fourth-order valence-electron chi connectivity index (χ4n) is 2.14. The summed E-state index contributed by atoms with van der Waals surface area (Å²) in [5, 5.41) is 3.66. The first-order valence-electron chi connectivity index (χ1n) is 7.57. The van der Waals surface area contributed by atoms with Crippen molar-refractivity contribution in [3.63, 3.8) is 0 Å². The van der Waals surface area contributed by atoms with Gasteiger partial charge in [0.15, 0.2) is 0 Å². The zero-order valence-electron chi connectivity index (χ0n) is 12.3. The molecule has 0 spiro atoms. The average Bonchev–Trinajstić information content (AvgIpc) is 2.34. The van der Waals surface area contributed by atoms with E-state index in [2.05, 4.69) is 25.4 Å². The standard InChI is InChI=1S/C15H33NS/c1-4-6-7-8-9-10-11-12-15(14-17-3)16-13-5-2/h15-16H,4-14H2,1-3H3. The van der Waals surface area contributed by atoms with Crippen molar-refractivity contribution in [2.45, 2.75) is 77.7 Å². The van der Waals surface area contributed by atoms with E-state index >= 15 is 0 Å². The first-order valence-corrected chi connectivity index (χ1v) is 8.96. The Morgan fingerprint density at radius 1 is 0.882 bits per heavy atom. The van der Waals surface area contributed by atoms with Crippen LogP contribution in [0, 0.1) is 0 Å². The first-order chi connectivity index (χ1) is 8.35. The monoisotopic (exact) mass is 259 g/mol. The molecule has 1 N–H and O–H groups in total. The van der Waals surface area contributed by atoms with Crippen LogP contribution in [0.4, 0.5) is 0 Å². The summed E-state index contributed by atoms with van der Waals surface area (Å²) in [7, 11) is 0. The van der Waals surface area contributed by atoms with Crippen molar-refractivity contribution in [1.29, 1.82) is 0 Å². The molecule has 0 heterocycles. The van der Waals surface area contributed by atoms with Crippen LogP contribution in [0.5, 0.6) is 0 Å². The van der Waals surface area contributed by atoms with Gasteiger partial charge in [-0.15, -0.1) is 0 Å². The number of rotatable bonds is 13. The highest BCUT2D eigenvalue weighted by Crippen LogP contribution is 2.11. The maximum absolute atomic E-state index is 3.66. The molecule has 0 aromatic heterocycles. The van der Waals surface area contributed by atoms with Crippen molar-refractivity contribution in [2.24, 2.45) is 0 Å².